The van der Waals surface area contributed by atoms with E-state index in [9.17, 15) is 19.5 Å². The third-order valence-corrected chi connectivity index (χ3v) is 7.61. The second-order valence-corrected chi connectivity index (χ2v) is 10.8. The van der Waals surface area contributed by atoms with Crippen molar-refractivity contribution in [3.8, 4) is 11.1 Å². The summed E-state index contributed by atoms with van der Waals surface area (Å²) >= 11 is 0. The normalized spacial score (nSPS) is 14.9. The summed E-state index contributed by atoms with van der Waals surface area (Å²) in [5, 5.41) is 18.7. The number of rotatable bonds is 14. The summed E-state index contributed by atoms with van der Waals surface area (Å²) in [6, 6.07) is 21.7. The molecule has 1 aliphatic carbocycles. The fourth-order valence-electron chi connectivity index (χ4n) is 5.42. The molecule has 2 aromatic carbocycles. The van der Waals surface area contributed by atoms with E-state index in [1.54, 1.807) is 6.20 Å². The Morgan fingerprint density at radius 2 is 1.56 bits per heavy atom. The van der Waals surface area contributed by atoms with Crippen LogP contribution in [-0.4, -0.2) is 40.5 Å². The molecule has 0 radical (unpaired) electrons. The Labute approximate surface area is 242 Å². The van der Waals surface area contributed by atoms with E-state index in [1.165, 1.54) is 6.42 Å². The molecule has 1 heterocycles. The summed E-state index contributed by atoms with van der Waals surface area (Å²) in [5.74, 6) is -0.423. The van der Waals surface area contributed by atoms with Gasteiger partial charge in [-0.2, -0.15) is 0 Å². The minimum Gasteiger partial charge on any atom is -0.481 e. The van der Waals surface area contributed by atoms with Gasteiger partial charge in [0.25, 0.3) is 0 Å². The van der Waals surface area contributed by atoms with Gasteiger partial charge in [0.05, 0.1) is 12.5 Å². The Morgan fingerprint density at radius 3 is 2.24 bits per heavy atom. The van der Waals surface area contributed by atoms with E-state index in [-0.39, 0.29) is 24.7 Å². The van der Waals surface area contributed by atoms with E-state index in [4.69, 9.17) is 0 Å². The number of carboxylic acids is 1. The molecule has 1 fully saturated rings. The molecule has 1 saturated carbocycles. The van der Waals surface area contributed by atoms with Gasteiger partial charge in [0.2, 0.25) is 11.8 Å². The van der Waals surface area contributed by atoms with Crippen molar-refractivity contribution in [3.63, 3.8) is 0 Å². The summed E-state index contributed by atoms with van der Waals surface area (Å²) < 4.78 is 0. The van der Waals surface area contributed by atoms with Crippen LogP contribution in [-0.2, 0) is 14.4 Å². The molecule has 4 rings (SSSR count). The van der Waals surface area contributed by atoms with Gasteiger partial charge >= 0.3 is 5.97 Å². The predicted octanol–water partition coefficient (Wildman–Crippen LogP) is 5.73. The zero-order valence-corrected chi connectivity index (χ0v) is 23.4. The summed E-state index contributed by atoms with van der Waals surface area (Å²) in [6.45, 7) is 0.587. The largest absolute Gasteiger partial charge is 0.481 e. The maximum Gasteiger partial charge on any atom is 0.305 e. The molecular weight excluding hydrogens is 516 g/mol. The van der Waals surface area contributed by atoms with E-state index in [0.29, 0.717) is 30.9 Å². The smallest absolute Gasteiger partial charge is 0.305 e. The van der Waals surface area contributed by atoms with E-state index in [2.05, 4.69) is 20.9 Å². The Morgan fingerprint density at radius 1 is 0.854 bits per heavy atom. The predicted molar refractivity (Wildman–Crippen MR) is 160 cm³/mol. The minimum atomic E-state index is -1.00. The molecule has 1 unspecified atom stereocenters. The van der Waals surface area contributed by atoms with Crippen LogP contribution in [0.2, 0.25) is 0 Å². The maximum absolute atomic E-state index is 13.6. The number of carbonyl (C=O) groups excluding carboxylic acids is 2. The summed E-state index contributed by atoms with van der Waals surface area (Å²) in [4.78, 5) is 42.4. The highest BCUT2D eigenvalue weighted by Gasteiger charge is 2.28. The lowest BCUT2D eigenvalue weighted by Crippen LogP contribution is -2.49. The molecule has 8 nitrogen and oxygen atoms in total. The van der Waals surface area contributed by atoms with Crippen molar-refractivity contribution < 1.29 is 19.5 Å². The average molecular weight is 557 g/mol. The molecule has 0 aliphatic heterocycles. The Balaban J connectivity index is 1.40. The number of nitrogens with zero attached hydrogens (tertiary/aromatic N) is 1. The number of hydrogen-bond acceptors (Lipinski definition) is 5. The highest BCUT2D eigenvalue weighted by atomic mass is 16.4. The van der Waals surface area contributed by atoms with Crippen LogP contribution in [0.1, 0.15) is 69.4 Å². The Hall–Kier alpha value is -4.20. The zero-order valence-electron chi connectivity index (χ0n) is 23.4. The van der Waals surface area contributed by atoms with Gasteiger partial charge < -0.3 is 21.1 Å². The molecule has 2 amide bonds. The van der Waals surface area contributed by atoms with Gasteiger partial charge in [-0.1, -0.05) is 92.8 Å². The quantitative estimate of drug-likeness (QED) is 0.188. The van der Waals surface area contributed by atoms with E-state index in [0.717, 1.165) is 42.6 Å². The van der Waals surface area contributed by atoms with Crippen LogP contribution in [0.15, 0.2) is 79.0 Å². The number of carbonyl (C=O) groups is 3. The number of aliphatic carboxylic acids is 1. The Kier molecular flexibility index (Phi) is 11.3. The number of pyridine rings is 1. The van der Waals surface area contributed by atoms with Crippen LogP contribution in [0.4, 0.5) is 5.82 Å². The Bertz CT molecular complexity index is 1250. The van der Waals surface area contributed by atoms with Crippen LogP contribution < -0.4 is 16.0 Å². The maximum atomic E-state index is 13.6. The van der Waals surface area contributed by atoms with Crippen molar-refractivity contribution >= 4 is 23.6 Å². The number of hydrogen-bond donors (Lipinski definition) is 4. The van der Waals surface area contributed by atoms with Crippen molar-refractivity contribution in [2.45, 2.75) is 69.9 Å². The molecule has 0 saturated heterocycles. The number of nitrogens with one attached hydrogen (secondary N) is 3. The molecule has 41 heavy (non-hydrogen) atoms. The number of carboxylic acid groups (broad SMARTS) is 1. The van der Waals surface area contributed by atoms with Crippen LogP contribution >= 0.6 is 0 Å². The van der Waals surface area contributed by atoms with Crippen LogP contribution in [0, 0.1) is 5.92 Å². The van der Waals surface area contributed by atoms with Gasteiger partial charge in [0.1, 0.15) is 11.9 Å². The topological polar surface area (TPSA) is 120 Å². The SMILES string of the molecule is O=C(O)CC(NC(=O)[C@@H](CC1CCCCC1)NC(=O)CCCNc1ccccn1)c1ccc(-c2ccccc2)cc1. The minimum absolute atomic E-state index is 0.189. The molecule has 1 aromatic heterocycles. The van der Waals surface area contributed by atoms with Gasteiger partial charge in [-0.05, 0) is 47.6 Å². The van der Waals surface area contributed by atoms with Crippen molar-refractivity contribution in [1.29, 1.82) is 0 Å². The first kappa shape index (κ1) is 29.8. The first-order chi connectivity index (χ1) is 20.0. The van der Waals surface area contributed by atoms with E-state index in [1.807, 2.05) is 72.8 Å². The van der Waals surface area contributed by atoms with Crippen molar-refractivity contribution in [2.24, 2.45) is 5.92 Å². The van der Waals surface area contributed by atoms with E-state index >= 15 is 0 Å². The number of aromatic nitrogens is 1. The highest BCUT2D eigenvalue weighted by Crippen LogP contribution is 2.28. The van der Waals surface area contributed by atoms with Crippen LogP contribution in [0.25, 0.3) is 11.1 Å². The van der Waals surface area contributed by atoms with Crippen molar-refractivity contribution in [2.75, 3.05) is 11.9 Å². The number of anilines is 1. The van der Waals surface area contributed by atoms with Crippen molar-refractivity contribution in [3.05, 3.63) is 84.6 Å². The first-order valence-corrected chi connectivity index (χ1v) is 14.6. The summed E-state index contributed by atoms with van der Waals surface area (Å²) in [6.07, 6.45) is 8.39. The first-order valence-electron chi connectivity index (χ1n) is 14.6. The van der Waals surface area contributed by atoms with Gasteiger partial charge in [-0.15, -0.1) is 0 Å². The molecule has 0 bridgehead atoms. The third-order valence-electron chi connectivity index (χ3n) is 7.61. The lowest BCUT2D eigenvalue weighted by atomic mass is 9.84. The average Bonchev–Trinajstić information content (AvgIpc) is 3.00. The molecule has 4 N–H and O–H groups in total. The zero-order chi connectivity index (χ0) is 28.9. The molecule has 8 heteroatoms. The van der Waals surface area contributed by atoms with Crippen LogP contribution in [0.5, 0.6) is 0 Å². The summed E-state index contributed by atoms with van der Waals surface area (Å²) in [5.41, 5.74) is 2.78. The second kappa shape index (κ2) is 15.6. The van der Waals surface area contributed by atoms with Gasteiger partial charge in [0, 0.05) is 19.2 Å². The standard InChI is InChI=1S/C33H40N4O4/c38-31(15-9-21-35-30-14-7-8-20-34-30)36-29(22-24-10-3-1-4-11-24)33(41)37-28(23-32(39)40)27-18-16-26(17-19-27)25-12-5-2-6-13-25/h2,5-8,12-14,16-20,24,28-29H,1,3-4,9-11,15,21-23H2,(H,34,35)(H,36,38)(H,37,41)(H,39,40)/t28?,29-/m1/s1. The lowest BCUT2D eigenvalue weighted by molar-refractivity contribution is -0.138. The monoisotopic (exact) mass is 556 g/mol. The van der Waals surface area contributed by atoms with Crippen molar-refractivity contribution in [1.82, 2.24) is 15.6 Å². The number of benzene rings is 2. The molecule has 216 valence electrons. The molecule has 2 atom stereocenters. The van der Waals surface area contributed by atoms with Gasteiger partial charge in [0.15, 0.2) is 0 Å². The molecule has 1 aliphatic rings. The molecule has 0 spiro atoms. The van der Waals surface area contributed by atoms with Crippen LogP contribution in [0.3, 0.4) is 0 Å². The highest BCUT2D eigenvalue weighted by molar-refractivity contribution is 5.88. The molecular formula is C33H40N4O4. The fraction of sp³-hybridized carbons (Fsp3) is 0.394. The fourth-order valence-corrected chi connectivity index (χ4v) is 5.42. The lowest BCUT2D eigenvalue weighted by Gasteiger charge is -2.28. The summed E-state index contributed by atoms with van der Waals surface area (Å²) in [7, 11) is 0. The third kappa shape index (κ3) is 9.74. The second-order valence-electron chi connectivity index (χ2n) is 10.8. The van der Waals surface area contributed by atoms with Gasteiger partial charge in [-0.25, -0.2) is 4.98 Å². The van der Waals surface area contributed by atoms with Gasteiger partial charge in [-0.3, -0.25) is 14.4 Å². The molecule has 3 aromatic rings. The van der Waals surface area contributed by atoms with E-state index < -0.39 is 18.1 Å². The number of amides is 2.